The van der Waals surface area contributed by atoms with E-state index in [1.54, 1.807) is 25.4 Å². The molecule has 1 aliphatic heterocycles. The van der Waals surface area contributed by atoms with Crippen LogP contribution in [0.2, 0.25) is 5.02 Å². The van der Waals surface area contributed by atoms with Crippen LogP contribution in [0.1, 0.15) is 24.5 Å². The van der Waals surface area contributed by atoms with Crippen molar-refractivity contribution in [3.05, 3.63) is 55.9 Å². The van der Waals surface area contributed by atoms with Gasteiger partial charge >= 0.3 is 0 Å². The molecule has 0 saturated carbocycles. The highest BCUT2D eigenvalue weighted by Gasteiger charge is 2.27. The fraction of sp³-hybridized carbons (Fsp3) is 0.412. The molecule has 2 heterocycles. The number of nitrogens with zero attached hydrogens (tertiary/aromatic N) is 3. The third-order valence-corrected chi connectivity index (χ3v) is 5.60. The highest BCUT2D eigenvalue weighted by Crippen LogP contribution is 2.33. The summed E-state index contributed by atoms with van der Waals surface area (Å²) in [6, 6.07) is 7.36. The number of anilines is 1. The summed E-state index contributed by atoms with van der Waals surface area (Å²) in [7, 11) is 1.63. The van der Waals surface area contributed by atoms with Crippen molar-refractivity contribution in [2.75, 3.05) is 18.0 Å². The zero-order chi connectivity index (χ0) is 17.3. The van der Waals surface area contributed by atoms with Gasteiger partial charge in [-0.2, -0.15) is 5.10 Å². The smallest absolute Gasteiger partial charge is 0.282 e. The minimum atomic E-state index is -0.491. The van der Waals surface area contributed by atoms with Crippen molar-refractivity contribution in [2.45, 2.75) is 18.9 Å². The Morgan fingerprint density at radius 1 is 1.29 bits per heavy atom. The second-order valence-corrected chi connectivity index (χ2v) is 7.32. The van der Waals surface area contributed by atoms with Crippen molar-refractivity contribution in [3.8, 4) is 0 Å². The quantitative estimate of drug-likeness (QED) is 0.841. The van der Waals surface area contributed by atoms with E-state index in [0.717, 1.165) is 37.2 Å². The van der Waals surface area contributed by atoms with Crippen LogP contribution in [0.5, 0.6) is 0 Å². The third kappa shape index (κ3) is 3.50. The Bertz CT molecular complexity index is 770. The van der Waals surface area contributed by atoms with Crippen LogP contribution in [0, 0.1) is 5.92 Å². The molecule has 7 heteroatoms. The Kier molecular flexibility index (Phi) is 5.27. The van der Waals surface area contributed by atoms with Crippen molar-refractivity contribution in [1.29, 1.82) is 0 Å². The number of halogens is 2. The number of aryl methyl sites for hydroxylation is 1. The van der Waals surface area contributed by atoms with Gasteiger partial charge in [-0.25, -0.2) is 4.68 Å². The number of aromatic nitrogens is 2. The third-order valence-electron chi connectivity index (χ3n) is 4.60. The average Bonchev–Trinajstić information content (AvgIpc) is 2.60. The summed E-state index contributed by atoms with van der Waals surface area (Å²) in [5, 5.41) is 15.4. The monoisotopic (exact) mass is 411 g/mol. The van der Waals surface area contributed by atoms with Crippen LogP contribution in [-0.4, -0.2) is 28.0 Å². The fourth-order valence-electron chi connectivity index (χ4n) is 3.11. The molecule has 1 aromatic heterocycles. The SMILES string of the molecule is Cn1ncc(N2CCC(C(O)c3ccc(Cl)cc3)CC2)c(Br)c1=O. The molecule has 128 valence electrons. The van der Waals surface area contributed by atoms with Gasteiger partial charge in [0, 0.05) is 25.2 Å². The lowest BCUT2D eigenvalue weighted by atomic mass is 9.87. The van der Waals surface area contributed by atoms with Gasteiger partial charge < -0.3 is 10.0 Å². The van der Waals surface area contributed by atoms with Crippen molar-refractivity contribution >= 4 is 33.2 Å². The number of piperidine rings is 1. The first kappa shape index (κ1) is 17.5. The largest absolute Gasteiger partial charge is 0.388 e. The predicted molar refractivity (Wildman–Crippen MR) is 98.5 cm³/mol. The lowest BCUT2D eigenvalue weighted by molar-refractivity contribution is 0.0929. The molecule has 3 rings (SSSR count). The van der Waals surface area contributed by atoms with E-state index in [9.17, 15) is 9.90 Å². The molecule has 1 fully saturated rings. The highest BCUT2D eigenvalue weighted by molar-refractivity contribution is 9.10. The van der Waals surface area contributed by atoms with Gasteiger partial charge in [0.05, 0.1) is 18.0 Å². The Labute approximate surface area is 154 Å². The van der Waals surface area contributed by atoms with E-state index in [2.05, 4.69) is 25.9 Å². The standard InChI is InChI=1S/C17H19BrClN3O2/c1-21-17(24)15(18)14(10-20-21)22-8-6-12(7-9-22)16(23)11-2-4-13(19)5-3-11/h2-5,10,12,16,23H,6-9H2,1H3. The first-order valence-corrected chi connectivity index (χ1v) is 9.04. The van der Waals surface area contributed by atoms with E-state index in [4.69, 9.17) is 11.6 Å². The molecule has 1 saturated heterocycles. The van der Waals surface area contributed by atoms with E-state index in [0.29, 0.717) is 9.50 Å². The lowest BCUT2D eigenvalue weighted by Gasteiger charge is -2.35. The first-order chi connectivity index (χ1) is 11.5. The minimum absolute atomic E-state index is 0.143. The van der Waals surface area contributed by atoms with E-state index >= 15 is 0 Å². The molecular weight excluding hydrogens is 394 g/mol. The highest BCUT2D eigenvalue weighted by atomic mass is 79.9. The molecule has 1 atom stereocenters. The molecule has 0 radical (unpaired) electrons. The van der Waals surface area contributed by atoms with Crippen molar-refractivity contribution in [3.63, 3.8) is 0 Å². The number of aliphatic hydroxyl groups is 1. The number of rotatable bonds is 3. The number of aliphatic hydroxyl groups excluding tert-OH is 1. The van der Waals surface area contributed by atoms with Gasteiger partial charge in [-0.1, -0.05) is 23.7 Å². The van der Waals surface area contributed by atoms with Gasteiger partial charge in [-0.05, 0) is 52.4 Å². The first-order valence-electron chi connectivity index (χ1n) is 7.87. The number of benzene rings is 1. The van der Waals surface area contributed by atoms with E-state index in [1.807, 2.05) is 12.1 Å². The normalized spacial score (nSPS) is 17.1. The summed E-state index contributed by atoms with van der Waals surface area (Å²) in [5.74, 6) is 0.195. The topological polar surface area (TPSA) is 58.4 Å². The summed E-state index contributed by atoms with van der Waals surface area (Å²) < 4.78 is 1.85. The van der Waals surface area contributed by atoms with Crippen LogP contribution in [-0.2, 0) is 7.05 Å². The fourth-order valence-corrected chi connectivity index (χ4v) is 3.85. The van der Waals surface area contributed by atoms with E-state index < -0.39 is 6.10 Å². The molecule has 1 aliphatic rings. The molecular formula is C17H19BrClN3O2. The van der Waals surface area contributed by atoms with Gasteiger partial charge in [-0.15, -0.1) is 0 Å². The van der Waals surface area contributed by atoms with E-state index in [1.165, 1.54) is 4.68 Å². The number of hydrogen-bond donors (Lipinski definition) is 1. The van der Waals surface area contributed by atoms with Crippen LogP contribution in [0.25, 0.3) is 0 Å². The maximum atomic E-state index is 12.0. The Hall–Kier alpha value is -1.37. The molecule has 2 aromatic rings. The van der Waals surface area contributed by atoms with Crippen LogP contribution < -0.4 is 10.5 Å². The van der Waals surface area contributed by atoms with Gasteiger partial charge in [0.25, 0.3) is 5.56 Å². The summed E-state index contributed by atoms with van der Waals surface area (Å²) >= 11 is 9.28. The number of hydrogen-bond acceptors (Lipinski definition) is 4. The molecule has 0 bridgehead atoms. The second-order valence-electron chi connectivity index (χ2n) is 6.09. The molecule has 1 N–H and O–H groups in total. The predicted octanol–water partition coefficient (Wildman–Crippen LogP) is 3.15. The maximum Gasteiger partial charge on any atom is 0.282 e. The Balaban J connectivity index is 1.69. The average molecular weight is 413 g/mol. The maximum absolute atomic E-state index is 12.0. The molecule has 5 nitrogen and oxygen atoms in total. The van der Waals surface area contributed by atoms with Gasteiger partial charge in [-0.3, -0.25) is 4.79 Å². The summed E-state index contributed by atoms with van der Waals surface area (Å²) in [5.41, 5.74) is 1.57. The summed E-state index contributed by atoms with van der Waals surface area (Å²) in [4.78, 5) is 14.1. The zero-order valence-corrected chi connectivity index (χ0v) is 15.7. The van der Waals surface area contributed by atoms with Gasteiger partial charge in [0.2, 0.25) is 0 Å². The Morgan fingerprint density at radius 3 is 2.54 bits per heavy atom. The van der Waals surface area contributed by atoms with Crippen molar-refractivity contribution < 1.29 is 5.11 Å². The van der Waals surface area contributed by atoms with Crippen LogP contribution in [0.15, 0.2) is 39.7 Å². The van der Waals surface area contributed by atoms with Crippen LogP contribution >= 0.6 is 27.5 Å². The minimum Gasteiger partial charge on any atom is -0.388 e. The molecule has 1 unspecified atom stereocenters. The lowest BCUT2D eigenvalue weighted by Crippen LogP contribution is -2.37. The van der Waals surface area contributed by atoms with Crippen LogP contribution in [0.3, 0.4) is 0 Å². The summed E-state index contributed by atoms with van der Waals surface area (Å²) in [6.07, 6.45) is 2.92. The Morgan fingerprint density at radius 2 is 1.92 bits per heavy atom. The zero-order valence-electron chi connectivity index (χ0n) is 13.3. The van der Waals surface area contributed by atoms with Crippen molar-refractivity contribution in [1.82, 2.24) is 9.78 Å². The van der Waals surface area contributed by atoms with E-state index in [-0.39, 0.29) is 11.5 Å². The van der Waals surface area contributed by atoms with Crippen LogP contribution in [0.4, 0.5) is 5.69 Å². The molecule has 0 aliphatic carbocycles. The second kappa shape index (κ2) is 7.25. The molecule has 0 spiro atoms. The van der Waals surface area contributed by atoms with Gasteiger partial charge in [0.1, 0.15) is 4.47 Å². The molecule has 0 amide bonds. The molecule has 1 aromatic carbocycles. The summed E-state index contributed by atoms with van der Waals surface area (Å²) in [6.45, 7) is 1.56. The van der Waals surface area contributed by atoms with Gasteiger partial charge in [0.15, 0.2) is 0 Å². The molecule has 24 heavy (non-hydrogen) atoms. The van der Waals surface area contributed by atoms with Crippen molar-refractivity contribution in [2.24, 2.45) is 13.0 Å².